The zero-order valence-electron chi connectivity index (χ0n) is 10.5. The maximum absolute atomic E-state index is 13.1. The number of rotatable bonds is 2. The molecule has 1 aliphatic carbocycles. The Morgan fingerprint density at radius 2 is 2.05 bits per heavy atom. The Hall–Kier alpha value is -0.610. The fourth-order valence-corrected chi connectivity index (χ4v) is 3.21. The second kappa shape index (κ2) is 6.71. The van der Waals surface area contributed by atoms with Crippen molar-refractivity contribution in [1.82, 2.24) is 5.32 Å². The van der Waals surface area contributed by atoms with Gasteiger partial charge in [0.05, 0.1) is 5.02 Å². The van der Waals surface area contributed by atoms with Gasteiger partial charge in [0.1, 0.15) is 5.82 Å². The Bertz CT molecular complexity index is 469. The number of amides is 1. The van der Waals surface area contributed by atoms with Gasteiger partial charge in [0.25, 0.3) is 5.91 Å². The molecule has 1 aromatic carbocycles. The van der Waals surface area contributed by atoms with E-state index < -0.39 is 5.82 Å². The van der Waals surface area contributed by atoms with Gasteiger partial charge in [-0.3, -0.25) is 4.79 Å². The van der Waals surface area contributed by atoms with Gasteiger partial charge in [-0.2, -0.15) is 0 Å². The number of carbonyl (C=O) groups excluding carboxylic acids is 1. The average Bonchev–Trinajstić information content (AvgIpc) is 2.58. The summed E-state index contributed by atoms with van der Waals surface area (Å²) < 4.78 is 13.1. The molecule has 1 fully saturated rings. The van der Waals surface area contributed by atoms with Crippen LogP contribution in [-0.2, 0) is 0 Å². The molecular formula is C14H16BrClFNO. The topological polar surface area (TPSA) is 29.1 Å². The van der Waals surface area contributed by atoms with E-state index in [1.807, 2.05) is 0 Å². The first-order valence-corrected chi connectivity index (χ1v) is 7.77. The molecule has 1 aromatic rings. The predicted octanol–water partition coefficient (Wildman–Crippen LogP) is 4.31. The molecule has 0 bridgehead atoms. The van der Waals surface area contributed by atoms with Crippen LogP contribution >= 0.6 is 27.5 Å². The third kappa shape index (κ3) is 3.93. The summed E-state index contributed by atoms with van der Waals surface area (Å²) in [5.74, 6) is -0.704. The number of benzene rings is 1. The van der Waals surface area contributed by atoms with Gasteiger partial charge in [-0.25, -0.2) is 4.39 Å². The Morgan fingerprint density at radius 1 is 1.32 bits per heavy atom. The van der Waals surface area contributed by atoms with Gasteiger partial charge in [-0.1, -0.05) is 46.8 Å². The van der Waals surface area contributed by atoms with Crippen LogP contribution in [0.2, 0.25) is 5.02 Å². The standard InChI is InChI=1S/C14H16BrClFNO/c15-10-4-2-1-3-5-13(10)18-14(19)9-6-7-12(17)11(16)8-9/h6-8,10,13H,1-5H2,(H,18,19). The second-order valence-electron chi connectivity index (χ2n) is 4.86. The van der Waals surface area contributed by atoms with E-state index in [2.05, 4.69) is 21.2 Å². The van der Waals surface area contributed by atoms with E-state index in [9.17, 15) is 9.18 Å². The first-order chi connectivity index (χ1) is 9.08. The minimum Gasteiger partial charge on any atom is -0.348 e. The van der Waals surface area contributed by atoms with Crippen molar-refractivity contribution in [3.8, 4) is 0 Å². The molecule has 104 valence electrons. The lowest BCUT2D eigenvalue weighted by Crippen LogP contribution is -2.40. The molecule has 0 aromatic heterocycles. The van der Waals surface area contributed by atoms with E-state index in [0.29, 0.717) is 10.4 Å². The first kappa shape index (κ1) is 14.8. The van der Waals surface area contributed by atoms with Gasteiger partial charge in [0.15, 0.2) is 0 Å². The van der Waals surface area contributed by atoms with Crippen LogP contribution in [0.4, 0.5) is 4.39 Å². The number of alkyl halides is 1. The second-order valence-corrected chi connectivity index (χ2v) is 6.45. The predicted molar refractivity (Wildman–Crippen MR) is 78.5 cm³/mol. The quantitative estimate of drug-likeness (QED) is 0.626. The summed E-state index contributed by atoms with van der Waals surface area (Å²) in [4.78, 5) is 12.4. The van der Waals surface area contributed by atoms with Gasteiger partial charge in [-0.05, 0) is 31.0 Å². The van der Waals surface area contributed by atoms with Crippen molar-refractivity contribution in [2.24, 2.45) is 0 Å². The molecule has 1 N–H and O–H groups in total. The van der Waals surface area contributed by atoms with Gasteiger partial charge >= 0.3 is 0 Å². The number of hydrogen-bond donors (Lipinski definition) is 1. The highest BCUT2D eigenvalue weighted by molar-refractivity contribution is 9.09. The first-order valence-electron chi connectivity index (χ1n) is 6.48. The molecule has 1 aliphatic rings. The zero-order chi connectivity index (χ0) is 13.8. The molecular weight excluding hydrogens is 333 g/mol. The molecule has 1 amide bonds. The highest BCUT2D eigenvalue weighted by Crippen LogP contribution is 2.24. The Morgan fingerprint density at radius 3 is 2.79 bits per heavy atom. The lowest BCUT2D eigenvalue weighted by atomic mass is 10.1. The van der Waals surface area contributed by atoms with Crippen LogP contribution in [0.1, 0.15) is 42.5 Å². The molecule has 2 rings (SSSR count). The molecule has 0 aliphatic heterocycles. The highest BCUT2D eigenvalue weighted by Gasteiger charge is 2.23. The third-order valence-corrected chi connectivity index (χ3v) is 4.82. The summed E-state index contributed by atoms with van der Waals surface area (Å²) >= 11 is 9.32. The fourth-order valence-electron chi connectivity index (χ4n) is 2.31. The molecule has 0 radical (unpaired) electrons. The smallest absolute Gasteiger partial charge is 0.251 e. The maximum Gasteiger partial charge on any atom is 0.251 e. The summed E-state index contributed by atoms with van der Waals surface area (Å²) in [6.45, 7) is 0. The lowest BCUT2D eigenvalue weighted by molar-refractivity contribution is 0.0935. The molecule has 2 atom stereocenters. The van der Waals surface area contributed by atoms with Crippen molar-refractivity contribution >= 4 is 33.4 Å². The average molecular weight is 349 g/mol. The van der Waals surface area contributed by atoms with Crippen LogP contribution in [0.5, 0.6) is 0 Å². The van der Waals surface area contributed by atoms with Crippen molar-refractivity contribution in [2.75, 3.05) is 0 Å². The minimum absolute atomic E-state index is 0.0242. The molecule has 0 spiro atoms. The van der Waals surface area contributed by atoms with Crippen LogP contribution in [0.25, 0.3) is 0 Å². The molecule has 19 heavy (non-hydrogen) atoms. The van der Waals surface area contributed by atoms with Gasteiger partial charge in [-0.15, -0.1) is 0 Å². The van der Waals surface area contributed by atoms with Gasteiger partial charge in [0, 0.05) is 16.4 Å². The molecule has 2 nitrogen and oxygen atoms in total. The Balaban J connectivity index is 2.05. The highest BCUT2D eigenvalue weighted by atomic mass is 79.9. The van der Waals surface area contributed by atoms with E-state index in [1.165, 1.54) is 31.0 Å². The molecule has 5 heteroatoms. The van der Waals surface area contributed by atoms with Crippen LogP contribution in [0, 0.1) is 5.82 Å². The Kier molecular flexibility index (Phi) is 5.22. The van der Waals surface area contributed by atoms with Gasteiger partial charge in [0.2, 0.25) is 0 Å². The maximum atomic E-state index is 13.1. The van der Waals surface area contributed by atoms with Crippen LogP contribution in [-0.4, -0.2) is 16.8 Å². The lowest BCUT2D eigenvalue weighted by Gasteiger charge is -2.21. The third-order valence-electron chi connectivity index (χ3n) is 3.43. The van der Waals surface area contributed by atoms with E-state index in [-0.39, 0.29) is 17.0 Å². The summed E-state index contributed by atoms with van der Waals surface area (Å²) in [6, 6.07) is 4.16. The largest absolute Gasteiger partial charge is 0.348 e. The molecule has 1 saturated carbocycles. The van der Waals surface area contributed by atoms with Crippen molar-refractivity contribution in [3.63, 3.8) is 0 Å². The fraction of sp³-hybridized carbons (Fsp3) is 0.500. The zero-order valence-corrected chi connectivity index (χ0v) is 12.8. The SMILES string of the molecule is O=C(NC1CCCCCC1Br)c1ccc(F)c(Cl)c1. The van der Waals surface area contributed by atoms with E-state index in [0.717, 1.165) is 19.3 Å². The van der Waals surface area contributed by atoms with Crippen LogP contribution < -0.4 is 5.32 Å². The van der Waals surface area contributed by atoms with Gasteiger partial charge < -0.3 is 5.32 Å². The van der Waals surface area contributed by atoms with Crippen LogP contribution in [0.15, 0.2) is 18.2 Å². The number of hydrogen-bond acceptors (Lipinski definition) is 1. The van der Waals surface area contributed by atoms with E-state index in [1.54, 1.807) is 0 Å². The summed E-state index contributed by atoms with van der Waals surface area (Å²) in [6.07, 6.45) is 5.55. The number of halogens is 3. The molecule has 2 unspecified atom stereocenters. The summed E-state index contributed by atoms with van der Waals surface area (Å²) in [5.41, 5.74) is 0.398. The van der Waals surface area contributed by atoms with E-state index >= 15 is 0 Å². The normalized spacial score (nSPS) is 23.7. The molecule has 0 saturated heterocycles. The van der Waals surface area contributed by atoms with Crippen molar-refractivity contribution in [3.05, 3.63) is 34.6 Å². The van der Waals surface area contributed by atoms with E-state index in [4.69, 9.17) is 11.6 Å². The number of carbonyl (C=O) groups is 1. The van der Waals surface area contributed by atoms with Crippen molar-refractivity contribution in [1.29, 1.82) is 0 Å². The number of nitrogens with one attached hydrogen (secondary N) is 1. The molecule has 0 heterocycles. The summed E-state index contributed by atoms with van der Waals surface area (Å²) in [5, 5.41) is 2.98. The van der Waals surface area contributed by atoms with Crippen molar-refractivity contribution < 1.29 is 9.18 Å². The monoisotopic (exact) mass is 347 g/mol. The minimum atomic E-state index is -0.508. The Labute approximate surface area is 125 Å². The summed E-state index contributed by atoms with van der Waals surface area (Å²) in [7, 11) is 0. The van der Waals surface area contributed by atoms with Crippen molar-refractivity contribution in [2.45, 2.75) is 43.0 Å². The van der Waals surface area contributed by atoms with Crippen LogP contribution in [0.3, 0.4) is 0 Å².